The smallest absolute Gasteiger partial charge is 0.323 e. The Morgan fingerprint density at radius 2 is 2.00 bits per heavy atom. The average Bonchev–Trinajstić information content (AvgIpc) is 2.86. The minimum atomic E-state index is -0.923. The van der Waals surface area contributed by atoms with Crippen molar-refractivity contribution in [2.24, 2.45) is 0 Å². The van der Waals surface area contributed by atoms with Crippen molar-refractivity contribution < 1.29 is 14.3 Å². The molecular weight excluding hydrogens is 331 g/mol. The summed E-state index contributed by atoms with van der Waals surface area (Å²) in [6.07, 6.45) is 2.39. The second kappa shape index (κ2) is 6.26. The topological polar surface area (TPSA) is 55.1 Å². The van der Waals surface area contributed by atoms with E-state index in [2.05, 4.69) is 11.1 Å². The molecule has 4 nitrogen and oxygen atoms in total. The Kier molecular flexibility index (Phi) is 3.92. The maximum absolute atomic E-state index is 13.8. The molecule has 0 saturated carbocycles. The first kappa shape index (κ1) is 16.3. The van der Waals surface area contributed by atoms with Crippen molar-refractivity contribution in [3.05, 3.63) is 77.4 Å². The number of hydrogen-bond donors (Lipinski definition) is 1. The average molecular weight is 348 g/mol. The van der Waals surface area contributed by atoms with Gasteiger partial charge in [-0.05, 0) is 48.4 Å². The highest BCUT2D eigenvalue weighted by molar-refractivity contribution is 5.87. The summed E-state index contributed by atoms with van der Waals surface area (Å²) in [6.45, 7) is 1.73. The first-order valence-corrected chi connectivity index (χ1v) is 8.35. The lowest BCUT2D eigenvalue weighted by atomic mass is 10.0. The molecule has 0 aliphatic rings. The van der Waals surface area contributed by atoms with Crippen LogP contribution in [0.1, 0.15) is 16.8 Å². The van der Waals surface area contributed by atoms with Gasteiger partial charge in [-0.1, -0.05) is 18.2 Å². The van der Waals surface area contributed by atoms with E-state index < -0.39 is 5.97 Å². The predicted octanol–water partition coefficient (Wildman–Crippen LogP) is 4.31. The fourth-order valence-electron chi connectivity index (χ4n) is 3.50. The molecule has 0 unspecified atom stereocenters. The van der Waals surface area contributed by atoms with Gasteiger partial charge in [-0.25, -0.2) is 4.39 Å². The van der Waals surface area contributed by atoms with Crippen LogP contribution in [0.15, 0.2) is 54.7 Å². The molecule has 0 aliphatic heterocycles. The van der Waals surface area contributed by atoms with E-state index in [0.717, 1.165) is 38.6 Å². The van der Waals surface area contributed by atoms with Gasteiger partial charge in [-0.3, -0.25) is 9.78 Å². The van der Waals surface area contributed by atoms with Crippen molar-refractivity contribution in [1.29, 1.82) is 0 Å². The zero-order chi connectivity index (χ0) is 18.3. The third-order valence-corrected chi connectivity index (χ3v) is 4.74. The number of aliphatic carboxylic acids is 1. The van der Waals surface area contributed by atoms with Gasteiger partial charge in [0.2, 0.25) is 0 Å². The van der Waals surface area contributed by atoms with Gasteiger partial charge < -0.3 is 9.67 Å². The quantitative estimate of drug-likeness (QED) is 0.598. The minimum absolute atomic E-state index is 0.149. The van der Waals surface area contributed by atoms with E-state index in [4.69, 9.17) is 0 Å². The van der Waals surface area contributed by atoms with Crippen molar-refractivity contribution in [3.63, 3.8) is 0 Å². The van der Waals surface area contributed by atoms with E-state index in [9.17, 15) is 14.3 Å². The number of benzene rings is 2. The molecule has 0 amide bonds. The first-order valence-electron chi connectivity index (χ1n) is 8.35. The summed E-state index contributed by atoms with van der Waals surface area (Å²) < 4.78 is 15.6. The molecule has 26 heavy (non-hydrogen) atoms. The van der Waals surface area contributed by atoms with Crippen LogP contribution in [0.3, 0.4) is 0 Å². The summed E-state index contributed by atoms with van der Waals surface area (Å²) >= 11 is 0. The van der Waals surface area contributed by atoms with Crippen LogP contribution in [0.2, 0.25) is 0 Å². The number of nitrogens with zero attached hydrogens (tertiary/aromatic N) is 2. The SMILES string of the molecule is Cc1c(Cc2cnc3ccccc3c2)c2cc(F)ccc2n1CC(=O)O. The molecule has 5 heteroatoms. The number of pyridine rings is 1. The Bertz CT molecular complexity index is 1150. The van der Waals surface area contributed by atoms with Gasteiger partial charge in [0, 0.05) is 34.6 Å². The van der Waals surface area contributed by atoms with Crippen molar-refractivity contribution >= 4 is 27.8 Å². The zero-order valence-corrected chi connectivity index (χ0v) is 14.2. The van der Waals surface area contributed by atoms with Gasteiger partial charge in [0.1, 0.15) is 12.4 Å². The first-order chi connectivity index (χ1) is 12.5. The van der Waals surface area contributed by atoms with E-state index in [-0.39, 0.29) is 12.4 Å². The van der Waals surface area contributed by atoms with Crippen molar-refractivity contribution in [3.8, 4) is 0 Å². The summed E-state index contributed by atoms with van der Waals surface area (Å²) in [7, 11) is 0. The summed E-state index contributed by atoms with van der Waals surface area (Å²) in [6, 6.07) is 14.4. The van der Waals surface area contributed by atoms with Gasteiger partial charge in [-0.2, -0.15) is 0 Å². The van der Waals surface area contributed by atoms with E-state index >= 15 is 0 Å². The molecule has 0 radical (unpaired) electrons. The highest BCUT2D eigenvalue weighted by Gasteiger charge is 2.17. The maximum Gasteiger partial charge on any atom is 0.323 e. The molecule has 2 aromatic heterocycles. The molecule has 0 saturated heterocycles. The Hall–Kier alpha value is -3.21. The number of carbonyl (C=O) groups is 1. The standard InChI is InChI=1S/C21H17FN2O2/c1-13-17(9-14-8-15-4-2-3-5-19(15)23-11-14)18-10-16(22)6-7-20(18)24(13)12-21(25)26/h2-8,10-11H,9,12H2,1H3,(H,25,26). The fraction of sp³-hybridized carbons (Fsp3) is 0.143. The summed E-state index contributed by atoms with van der Waals surface area (Å²) in [5.41, 5.74) is 4.42. The molecule has 130 valence electrons. The molecule has 2 heterocycles. The van der Waals surface area contributed by atoms with Crippen LogP contribution in [0.5, 0.6) is 0 Å². The van der Waals surface area contributed by atoms with Crippen LogP contribution < -0.4 is 0 Å². The van der Waals surface area contributed by atoms with E-state index in [1.807, 2.05) is 37.4 Å². The number of hydrogen-bond acceptors (Lipinski definition) is 2. The van der Waals surface area contributed by atoms with Crippen LogP contribution >= 0.6 is 0 Å². The van der Waals surface area contributed by atoms with Gasteiger partial charge >= 0.3 is 5.97 Å². The zero-order valence-electron chi connectivity index (χ0n) is 14.2. The lowest BCUT2D eigenvalue weighted by molar-refractivity contribution is -0.137. The van der Waals surface area contributed by atoms with Crippen molar-refractivity contribution in [2.45, 2.75) is 19.9 Å². The highest BCUT2D eigenvalue weighted by atomic mass is 19.1. The van der Waals surface area contributed by atoms with Crippen LogP contribution in [-0.2, 0) is 17.8 Å². The van der Waals surface area contributed by atoms with E-state index in [1.165, 1.54) is 12.1 Å². The number of carboxylic acid groups (broad SMARTS) is 1. The van der Waals surface area contributed by atoms with Crippen molar-refractivity contribution in [1.82, 2.24) is 9.55 Å². The fourth-order valence-corrected chi connectivity index (χ4v) is 3.50. The number of halogens is 1. The van der Waals surface area contributed by atoms with Crippen LogP contribution in [0, 0.1) is 12.7 Å². The van der Waals surface area contributed by atoms with Gasteiger partial charge in [0.05, 0.1) is 5.52 Å². The molecule has 2 aromatic carbocycles. The molecule has 0 spiro atoms. The molecular formula is C21H17FN2O2. The second-order valence-electron chi connectivity index (χ2n) is 6.42. The van der Waals surface area contributed by atoms with Crippen LogP contribution in [0.4, 0.5) is 4.39 Å². The molecule has 1 N–H and O–H groups in total. The summed E-state index contributed by atoms with van der Waals surface area (Å²) in [5.74, 6) is -1.25. The number of fused-ring (bicyclic) bond motifs is 2. The lowest BCUT2D eigenvalue weighted by Gasteiger charge is -2.06. The van der Waals surface area contributed by atoms with Gasteiger partial charge in [0.25, 0.3) is 0 Å². The van der Waals surface area contributed by atoms with Gasteiger partial charge in [0.15, 0.2) is 0 Å². The third-order valence-electron chi connectivity index (χ3n) is 4.74. The molecule has 4 rings (SSSR count). The Balaban J connectivity index is 1.85. The molecule has 0 fully saturated rings. The lowest BCUT2D eigenvalue weighted by Crippen LogP contribution is -2.10. The molecule has 4 aromatic rings. The monoisotopic (exact) mass is 348 g/mol. The predicted molar refractivity (Wildman–Crippen MR) is 98.8 cm³/mol. The number of aromatic nitrogens is 2. The molecule has 0 aliphatic carbocycles. The van der Waals surface area contributed by atoms with E-state index in [0.29, 0.717) is 6.42 Å². The number of rotatable bonds is 4. The Morgan fingerprint density at radius 3 is 2.81 bits per heavy atom. The number of carboxylic acids is 1. The van der Waals surface area contributed by atoms with Crippen LogP contribution in [0.25, 0.3) is 21.8 Å². The van der Waals surface area contributed by atoms with Crippen molar-refractivity contribution in [2.75, 3.05) is 0 Å². The molecule has 0 bridgehead atoms. The normalized spacial score (nSPS) is 11.3. The minimum Gasteiger partial charge on any atom is -0.480 e. The third kappa shape index (κ3) is 2.81. The van der Waals surface area contributed by atoms with Crippen LogP contribution in [-0.4, -0.2) is 20.6 Å². The summed E-state index contributed by atoms with van der Waals surface area (Å²) in [4.78, 5) is 15.7. The Morgan fingerprint density at radius 1 is 1.19 bits per heavy atom. The van der Waals surface area contributed by atoms with E-state index in [1.54, 1.807) is 10.6 Å². The largest absolute Gasteiger partial charge is 0.480 e. The number of para-hydroxylation sites is 1. The maximum atomic E-state index is 13.8. The summed E-state index contributed by atoms with van der Waals surface area (Å²) in [5, 5.41) is 11.0. The second-order valence-corrected chi connectivity index (χ2v) is 6.42. The Labute approximate surface area is 149 Å². The highest BCUT2D eigenvalue weighted by Crippen LogP contribution is 2.29. The molecule has 0 atom stereocenters. The van der Waals surface area contributed by atoms with Gasteiger partial charge in [-0.15, -0.1) is 0 Å².